The number of aromatic nitrogens is 1. The van der Waals surface area contributed by atoms with E-state index in [-0.39, 0.29) is 0 Å². The average Bonchev–Trinajstić information content (AvgIpc) is 3.14. The molecule has 2 aromatic carbocycles. The first-order valence-electron chi connectivity index (χ1n) is 9.67. The van der Waals surface area contributed by atoms with Gasteiger partial charge >= 0.3 is 0 Å². The van der Waals surface area contributed by atoms with Crippen molar-refractivity contribution < 1.29 is 5.11 Å². The number of phenolic OH excluding ortho intramolecular Hbond substituents is 1. The van der Waals surface area contributed by atoms with Crippen LogP contribution in [0.1, 0.15) is 36.8 Å². The molecule has 1 aliphatic heterocycles. The third-order valence-corrected chi connectivity index (χ3v) is 5.77. The lowest BCUT2D eigenvalue weighted by Gasteiger charge is -2.24. The van der Waals surface area contributed by atoms with Crippen LogP contribution in [0.3, 0.4) is 0 Å². The van der Waals surface area contributed by atoms with E-state index in [0.717, 1.165) is 48.7 Å². The van der Waals surface area contributed by atoms with Gasteiger partial charge in [0.05, 0.1) is 10.5 Å². The van der Waals surface area contributed by atoms with E-state index in [1.165, 1.54) is 17.6 Å². The zero-order valence-corrected chi connectivity index (χ0v) is 16.1. The van der Waals surface area contributed by atoms with Gasteiger partial charge < -0.3 is 15.4 Å². The van der Waals surface area contributed by atoms with E-state index in [2.05, 4.69) is 46.7 Å². The van der Waals surface area contributed by atoms with Crippen LogP contribution in [0.2, 0.25) is 5.02 Å². The summed E-state index contributed by atoms with van der Waals surface area (Å²) in [6.07, 6.45) is 9.75. The van der Waals surface area contributed by atoms with Gasteiger partial charge in [0.2, 0.25) is 0 Å². The molecule has 3 aromatic rings. The highest BCUT2D eigenvalue weighted by molar-refractivity contribution is 6.35. The molecule has 1 unspecified atom stereocenters. The summed E-state index contributed by atoms with van der Waals surface area (Å²) in [7, 11) is 0. The Morgan fingerprint density at radius 3 is 2.78 bits per heavy atom. The van der Waals surface area contributed by atoms with Crippen molar-refractivity contribution in [1.29, 1.82) is 0 Å². The Balaban J connectivity index is 1.31. The summed E-state index contributed by atoms with van der Waals surface area (Å²) >= 11 is 6.21. The van der Waals surface area contributed by atoms with E-state index < -0.39 is 0 Å². The van der Waals surface area contributed by atoms with Crippen LogP contribution in [0.15, 0.2) is 54.7 Å². The number of rotatable bonds is 6. The maximum Gasteiger partial charge on any atom is 0.125 e. The summed E-state index contributed by atoms with van der Waals surface area (Å²) < 4.78 is 0. The van der Waals surface area contributed by atoms with E-state index in [1.54, 1.807) is 12.1 Å². The standard InChI is InChI=1S/C23H25ClN2O/c24-20-10-11-21(27)22-18(15-26-23(20)22)8-4-5-9-19-14-17(12-13-25-19)16-6-2-1-3-7-16/h1-3,6-7,10-12,15,19,25-27H,4-5,8-9,13-14H2. The molecule has 0 bridgehead atoms. The molecule has 0 saturated carbocycles. The van der Waals surface area contributed by atoms with E-state index in [1.807, 2.05) is 6.20 Å². The molecule has 140 valence electrons. The summed E-state index contributed by atoms with van der Waals surface area (Å²) in [6.45, 7) is 0.948. The first-order chi connectivity index (χ1) is 13.2. The van der Waals surface area contributed by atoms with E-state index in [4.69, 9.17) is 11.6 Å². The molecule has 0 radical (unpaired) electrons. The molecule has 4 rings (SSSR count). The van der Waals surface area contributed by atoms with Crippen LogP contribution in [0.4, 0.5) is 0 Å². The number of aryl methyl sites for hydroxylation is 1. The summed E-state index contributed by atoms with van der Waals surface area (Å²) in [5.41, 5.74) is 4.77. The predicted molar refractivity (Wildman–Crippen MR) is 113 cm³/mol. The number of aromatic amines is 1. The van der Waals surface area contributed by atoms with Crippen LogP contribution in [-0.4, -0.2) is 22.7 Å². The van der Waals surface area contributed by atoms with E-state index >= 15 is 0 Å². The van der Waals surface area contributed by atoms with Crippen LogP contribution in [-0.2, 0) is 6.42 Å². The fourth-order valence-corrected chi connectivity index (χ4v) is 4.24. The molecule has 0 aliphatic carbocycles. The van der Waals surface area contributed by atoms with Gasteiger partial charge in [-0.1, -0.05) is 54.4 Å². The van der Waals surface area contributed by atoms with Crippen LogP contribution in [0.25, 0.3) is 16.5 Å². The number of hydrogen-bond acceptors (Lipinski definition) is 2. The second-order valence-corrected chi connectivity index (χ2v) is 7.69. The van der Waals surface area contributed by atoms with Crippen molar-refractivity contribution in [3.8, 4) is 5.75 Å². The molecule has 2 heterocycles. The van der Waals surface area contributed by atoms with Gasteiger partial charge in [0.1, 0.15) is 5.75 Å². The number of benzene rings is 2. The molecule has 0 fully saturated rings. The Morgan fingerprint density at radius 1 is 1.07 bits per heavy atom. The van der Waals surface area contributed by atoms with Crippen LogP contribution < -0.4 is 5.32 Å². The second kappa shape index (κ2) is 8.20. The average molecular weight is 381 g/mol. The van der Waals surface area contributed by atoms with Gasteiger partial charge in [-0.2, -0.15) is 0 Å². The molecular formula is C23H25ClN2O. The zero-order valence-electron chi connectivity index (χ0n) is 15.3. The summed E-state index contributed by atoms with van der Waals surface area (Å²) in [4.78, 5) is 3.20. The number of hydrogen-bond donors (Lipinski definition) is 3. The summed E-state index contributed by atoms with van der Waals surface area (Å²) in [6, 6.07) is 14.6. The van der Waals surface area contributed by atoms with Crippen molar-refractivity contribution in [2.24, 2.45) is 0 Å². The SMILES string of the molecule is Oc1ccc(Cl)c2[nH]cc(CCCCC3CC(c4ccccc4)=CCN3)c12. The highest BCUT2D eigenvalue weighted by Gasteiger charge is 2.16. The molecule has 4 heteroatoms. The fourth-order valence-electron chi connectivity index (χ4n) is 4.03. The third-order valence-electron chi connectivity index (χ3n) is 5.46. The summed E-state index contributed by atoms with van der Waals surface area (Å²) in [5.74, 6) is 0.303. The minimum Gasteiger partial charge on any atom is -0.507 e. The Kier molecular flexibility index (Phi) is 5.51. The molecule has 1 aliphatic rings. The lowest BCUT2D eigenvalue weighted by Crippen LogP contribution is -2.32. The van der Waals surface area contributed by atoms with E-state index in [9.17, 15) is 5.11 Å². The maximum absolute atomic E-state index is 10.2. The number of unbranched alkanes of at least 4 members (excludes halogenated alkanes) is 1. The first kappa shape index (κ1) is 18.1. The zero-order chi connectivity index (χ0) is 18.6. The Bertz CT molecular complexity index is 946. The maximum atomic E-state index is 10.2. The molecule has 1 atom stereocenters. The molecule has 27 heavy (non-hydrogen) atoms. The number of H-pyrrole nitrogens is 1. The fraction of sp³-hybridized carbons (Fsp3) is 0.304. The molecular weight excluding hydrogens is 356 g/mol. The van der Waals surface area contributed by atoms with Gasteiger partial charge in [-0.3, -0.25) is 0 Å². The molecule has 0 saturated heterocycles. The van der Waals surface area contributed by atoms with Gasteiger partial charge in [0.25, 0.3) is 0 Å². The Labute approximate surface area is 165 Å². The highest BCUT2D eigenvalue weighted by atomic mass is 35.5. The van der Waals surface area contributed by atoms with Crippen LogP contribution in [0, 0.1) is 0 Å². The minimum atomic E-state index is 0.303. The quantitative estimate of drug-likeness (QED) is 0.481. The van der Waals surface area contributed by atoms with Gasteiger partial charge in [-0.05, 0) is 54.5 Å². The lowest BCUT2D eigenvalue weighted by atomic mass is 9.92. The first-order valence-corrected chi connectivity index (χ1v) is 10.1. The third kappa shape index (κ3) is 4.05. The van der Waals surface area contributed by atoms with Crippen LogP contribution in [0.5, 0.6) is 5.75 Å². The monoisotopic (exact) mass is 380 g/mol. The number of nitrogens with one attached hydrogen (secondary N) is 2. The minimum absolute atomic E-state index is 0.303. The van der Waals surface area contributed by atoms with Crippen molar-refractivity contribution in [1.82, 2.24) is 10.3 Å². The molecule has 3 N–H and O–H groups in total. The van der Waals surface area contributed by atoms with Crippen molar-refractivity contribution in [3.05, 3.63) is 70.9 Å². The molecule has 0 spiro atoms. The highest BCUT2D eigenvalue weighted by Crippen LogP contribution is 2.33. The Morgan fingerprint density at radius 2 is 1.93 bits per heavy atom. The van der Waals surface area contributed by atoms with Crippen LogP contribution >= 0.6 is 11.6 Å². The lowest BCUT2D eigenvalue weighted by molar-refractivity contribution is 0.475. The largest absolute Gasteiger partial charge is 0.507 e. The van der Waals surface area contributed by atoms with Gasteiger partial charge in [0, 0.05) is 24.2 Å². The number of aromatic hydroxyl groups is 1. The number of phenols is 1. The van der Waals surface area contributed by atoms with Crippen molar-refractivity contribution in [2.75, 3.05) is 6.54 Å². The Hall–Kier alpha value is -2.23. The second-order valence-electron chi connectivity index (χ2n) is 7.28. The van der Waals surface area contributed by atoms with Gasteiger partial charge in [-0.25, -0.2) is 0 Å². The molecule has 3 nitrogen and oxygen atoms in total. The molecule has 0 amide bonds. The predicted octanol–water partition coefficient (Wildman–Crippen LogP) is 5.69. The van der Waals surface area contributed by atoms with Crippen molar-refractivity contribution in [2.45, 2.75) is 38.1 Å². The van der Waals surface area contributed by atoms with Gasteiger partial charge in [-0.15, -0.1) is 0 Å². The van der Waals surface area contributed by atoms with Crippen molar-refractivity contribution in [3.63, 3.8) is 0 Å². The topological polar surface area (TPSA) is 48.0 Å². The van der Waals surface area contributed by atoms with Gasteiger partial charge in [0.15, 0.2) is 0 Å². The van der Waals surface area contributed by atoms with Crippen molar-refractivity contribution >= 4 is 28.1 Å². The van der Waals surface area contributed by atoms with E-state index in [0.29, 0.717) is 16.8 Å². The normalized spacial score (nSPS) is 17.2. The number of halogens is 1. The smallest absolute Gasteiger partial charge is 0.125 e. The number of fused-ring (bicyclic) bond motifs is 1. The molecule has 1 aromatic heterocycles. The summed E-state index contributed by atoms with van der Waals surface area (Å²) in [5, 5.41) is 15.3.